The van der Waals surface area contributed by atoms with Crippen molar-refractivity contribution >= 4 is 12.0 Å². The van der Waals surface area contributed by atoms with Crippen LogP contribution < -0.4 is 5.32 Å². The zero-order chi connectivity index (χ0) is 19.4. The predicted octanol–water partition coefficient (Wildman–Crippen LogP) is 2.55. The van der Waals surface area contributed by atoms with Gasteiger partial charge in [-0.25, -0.2) is 14.8 Å². The Bertz CT molecular complexity index is 828. The van der Waals surface area contributed by atoms with E-state index in [-0.39, 0.29) is 12.1 Å². The highest BCUT2D eigenvalue weighted by atomic mass is 16.6. The van der Waals surface area contributed by atoms with Gasteiger partial charge >= 0.3 is 6.09 Å². The Hall–Kier alpha value is -3.15. The van der Waals surface area contributed by atoms with Crippen LogP contribution >= 0.6 is 0 Å². The minimum Gasteiger partial charge on any atom is -0.444 e. The zero-order valence-electron chi connectivity index (χ0n) is 15.7. The number of aromatic nitrogens is 4. The lowest BCUT2D eigenvalue weighted by atomic mass is 10.1. The van der Waals surface area contributed by atoms with Crippen molar-refractivity contribution in [3.8, 4) is 17.3 Å². The maximum Gasteiger partial charge on any atom is 0.410 e. The van der Waals surface area contributed by atoms with Gasteiger partial charge in [-0.3, -0.25) is 5.10 Å². The Morgan fingerprint density at radius 1 is 1.37 bits per heavy atom. The summed E-state index contributed by atoms with van der Waals surface area (Å²) in [7, 11) is 0. The lowest BCUT2D eigenvalue weighted by molar-refractivity contribution is 0.0210. The van der Waals surface area contributed by atoms with Crippen molar-refractivity contribution in [2.24, 2.45) is 0 Å². The molecule has 3 rings (SSSR count). The molecule has 0 aliphatic carbocycles. The monoisotopic (exact) mass is 369 g/mol. The molecule has 1 aliphatic heterocycles. The minimum absolute atomic E-state index is 0.147. The van der Waals surface area contributed by atoms with Crippen molar-refractivity contribution in [2.75, 3.05) is 18.4 Å². The molecule has 0 atom stereocenters. The topological polar surface area (TPSA) is 120 Å². The summed E-state index contributed by atoms with van der Waals surface area (Å²) >= 11 is 0. The van der Waals surface area contributed by atoms with E-state index >= 15 is 0 Å². The van der Waals surface area contributed by atoms with Crippen LogP contribution in [0.3, 0.4) is 0 Å². The SMILES string of the molecule is CC(C)(C)OC(=O)N1CCC(Nc2ncc(C#N)c(-c3cn[nH]c3)n2)CC1. The van der Waals surface area contributed by atoms with E-state index in [0.29, 0.717) is 30.3 Å². The van der Waals surface area contributed by atoms with Crippen molar-refractivity contribution in [1.82, 2.24) is 25.1 Å². The normalized spacial score (nSPS) is 15.3. The van der Waals surface area contributed by atoms with Crippen LogP contribution in [0.2, 0.25) is 0 Å². The molecule has 3 heterocycles. The number of nitrogens with zero attached hydrogens (tertiary/aromatic N) is 5. The maximum atomic E-state index is 12.1. The van der Waals surface area contributed by atoms with E-state index in [1.165, 1.54) is 6.20 Å². The third-order valence-electron chi connectivity index (χ3n) is 4.16. The summed E-state index contributed by atoms with van der Waals surface area (Å²) in [5, 5.41) is 19.2. The molecule has 1 amide bonds. The molecule has 0 unspecified atom stereocenters. The molecule has 0 radical (unpaired) electrons. The fraction of sp³-hybridized carbons (Fsp3) is 0.500. The lowest BCUT2D eigenvalue weighted by Gasteiger charge is -2.33. The number of hydrogen-bond donors (Lipinski definition) is 2. The van der Waals surface area contributed by atoms with Gasteiger partial charge in [0.15, 0.2) is 0 Å². The Kier molecular flexibility index (Phi) is 5.26. The molecule has 0 spiro atoms. The number of anilines is 1. The van der Waals surface area contributed by atoms with E-state index in [1.54, 1.807) is 17.3 Å². The van der Waals surface area contributed by atoms with Crippen molar-refractivity contribution in [1.29, 1.82) is 5.26 Å². The number of nitrogens with one attached hydrogen (secondary N) is 2. The predicted molar refractivity (Wildman–Crippen MR) is 98.8 cm³/mol. The number of nitriles is 1. The van der Waals surface area contributed by atoms with Gasteiger partial charge in [-0.15, -0.1) is 0 Å². The van der Waals surface area contributed by atoms with Crippen LogP contribution in [-0.2, 0) is 4.74 Å². The molecule has 2 aromatic heterocycles. The second-order valence-electron chi connectivity index (χ2n) is 7.44. The molecule has 1 fully saturated rings. The summed E-state index contributed by atoms with van der Waals surface area (Å²) in [4.78, 5) is 22.6. The molecule has 2 N–H and O–H groups in total. The number of piperidine rings is 1. The van der Waals surface area contributed by atoms with E-state index in [4.69, 9.17) is 4.74 Å². The summed E-state index contributed by atoms with van der Waals surface area (Å²) in [6.45, 7) is 6.80. The smallest absolute Gasteiger partial charge is 0.410 e. The number of ether oxygens (including phenoxy) is 1. The van der Waals surface area contributed by atoms with Gasteiger partial charge in [-0.1, -0.05) is 0 Å². The first-order valence-corrected chi connectivity index (χ1v) is 8.86. The van der Waals surface area contributed by atoms with E-state index in [2.05, 4.69) is 31.6 Å². The second kappa shape index (κ2) is 7.61. The van der Waals surface area contributed by atoms with Crippen molar-refractivity contribution in [3.05, 3.63) is 24.2 Å². The zero-order valence-corrected chi connectivity index (χ0v) is 15.7. The molecule has 0 bridgehead atoms. The number of aromatic amines is 1. The summed E-state index contributed by atoms with van der Waals surface area (Å²) in [6, 6.07) is 2.25. The average molecular weight is 369 g/mol. The minimum atomic E-state index is -0.494. The highest BCUT2D eigenvalue weighted by Crippen LogP contribution is 2.22. The third kappa shape index (κ3) is 4.73. The highest BCUT2D eigenvalue weighted by Gasteiger charge is 2.27. The molecule has 1 saturated heterocycles. The standard InChI is InChI=1S/C18H23N7O2/c1-18(2,3)27-17(26)25-6-4-14(5-7-25)23-16-20-9-12(8-19)15(24-16)13-10-21-22-11-13/h9-11,14H,4-7H2,1-3H3,(H,21,22)(H,20,23,24). The first-order valence-electron chi connectivity index (χ1n) is 8.86. The summed E-state index contributed by atoms with van der Waals surface area (Å²) in [6.07, 6.45) is 6.07. The van der Waals surface area contributed by atoms with Crippen LogP contribution in [-0.4, -0.2) is 55.9 Å². The molecule has 9 nitrogen and oxygen atoms in total. The first-order chi connectivity index (χ1) is 12.9. The molecule has 2 aromatic rings. The number of carbonyl (C=O) groups is 1. The van der Waals surface area contributed by atoms with E-state index in [0.717, 1.165) is 18.4 Å². The first kappa shape index (κ1) is 18.6. The fourth-order valence-corrected chi connectivity index (χ4v) is 2.85. The van der Waals surface area contributed by atoms with E-state index < -0.39 is 5.60 Å². The summed E-state index contributed by atoms with van der Waals surface area (Å²) in [5.41, 5.74) is 1.17. The quantitative estimate of drug-likeness (QED) is 0.853. The third-order valence-corrected chi connectivity index (χ3v) is 4.16. The molecule has 9 heteroatoms. The Balaban J connectivity index is 1.62. The summed E-state index contributed by atoms with van der Waals surface area (Å²) in [5.74, 6) is 0.459. The summed E-state index contributed by atoms with van der Waals surface area (Å²) < 4.78 is 5.42. The van der Waals surface area contributed by atoms with Gasteiger partial charge < -0.3 is 15.0 Å². The fourth-order valence-electron chi connectivity index (χ4n) is 2.85. The van der Waals surface area contributed by atoms with Crippen LogP contribution in [0.25, 0.3) is 11.3 Å². The number of likely N-dealkylation sites (tertiary alicyclic amines) is 1. The van der Waals surface area contributed by atoms with Crippen LogP contribution in [0.15, 0.2) is 18.6 Å². The molecule has 0 aromatic carbocycles. The van der Waals surface area contributed by atoms with Gasteiger partial charge in [0.1, 0.15) is 11.7 Å². The lowest BCUT2D eigenvalue weighted by Crippen LogP contribution is -2.44. The van der Waals surface area contributed by atoms with Crippen LogP contribution in [0.5, 0.6) is 0 Å². The number of amides is 1. The Labute approximate surface area is 157 Å². The van der Waals surface area contributed by atoms with Gasteiger partial charge in [-0.2, -0.15) is 10.4 Å². The molecule has 0 saturated carbocycles. The van der Waals surface area contributed by atoms with Crippen LogP contribution in [0.1, 0.15) is 39.2 Å². The average Bonchev–Trinajstić information content (AvgIpc) is 3.15. The molecule has 1 aliphatic rings. The highest BCUT2D eigenvalue weighted by molar-refractivity contribution is 5.68. The number of carbonyl (C=O) groups excluding carboxylic acids is 1. The van der Waals surface area contributed by atoms with Crippen molar-refractivity contribution in [3.63, 3.8) is 0 Å². The van der Waals surface area contributed by atoms with Gasteiger partial charge in [-0.05, 0) is 33.6 Å². The van der Waals surface area contributed by atoms with Crippen molar-refractivity contribution < 1.29 is 9.53 Å². The van der Waals surface area contributed by atoms with Crippen LogP contribution in [0, 0.1) is 11.3 Å². The van der Waals surface area contributed by atoms with E-state index in [9.17, 15) is 10.1 Å². The van der Waals surface area contributed by atoms with Crippen molar-refractivity contribution in [2.45, 2.75) is 45.3 Å². The Morgan fingerprint density at radius 2 is 2.11 bits per heavy atom. The van der Waals surface area contributed by atoms with Crippen LogP contribution in [0.4, 0.5) is 10.7 Å². The van der Waals surface area contributed by atoms with Gasteiger partial charge in [0.05, 0.1) is 23.7 Å². The molecular formula is C18H23N7O2. The largest absolute Gasteiger partial charge is 0.444 e. The van der Waals surface area contributed by atoms with E-state index in [1.807, 2.05) is 20.8 Å². The Morgan fingerprint density at radius 3 is 2.70 bits per heavy atom. The number of hydrogen-bond acceptors (Lipinski definition) is 7. The molecule has 142 valence electrons. The molecular weight excluding hydrogens is 346 g/mol. The number of H-pyrrole nitrogens is 1. The number of rotatable bonds is 3. The molecule has 27 heavy (non-hydrogen) atoms. The van der Waals surface area contributed by atoms with Gasteiger partial charge in [0, 0.05) is 30.9 Å². The second-order valence-corrected chi connectivity index (χ2v) is 7.44. The van der Waals surface area contributed by atoms with Gasteiger partial charge in [0.2, 0.25) is 5.95 Å². The van der Waals surface area contributed by atoms with Gasteiger partial charge in [0.25, 0.3) is 0 Å². The maximum absolute atomic E-state index is 12.1.